The summed E-state index contributed by atoms with van der Waals surface area (Å²) in [6.45, 7) is 1.82. The number of amides is 1. The number of aliphatic hydroxyl groups excluding tert-OH is 11. The Balaban J connectivity index is 1.28. The van der Waals surface area contributed by atoms with Gasteiger partial charge in [0, 0.05) is 6.42 Å². The summed E-state index contributed by atoms with van der Waals surface area (Å²) in [5, 5.41) is 121. The molecule has 19 heteroatoms. The van der Waals surface area contributed by atoms with E-state index in [1.54, 1.807) is 6.08 Å². The van der Waals surface area contributed by atoms with Gasteiger partial charge in [-0.25, -0.2) is 0 Å². The van der Waals surface area contributed by atoms with Crippen LogP contribution < -0.4 is 5.32 Å². The number of rotatable bonds is 81. The van der Waals surface area contributed by atoms with Crippen LogP contribution in [-0.4, -0.2) is 193 Å². The van der Waals surface area contributed by atoms with Crippen LogP contribution in [0, 0.1) is 0 Å². The molecule has 3 aliphatic heterocycles. The maximum Gasteiger partial charge on any atom is 0.220 e. The van der Waals surface area contributed by atoms with Gasteiger partial charge in [0.15, 0.2) is 18.9 Å². The molecule has 0 aromatic rings. The predicted molar refractivity (Wildman–Crippen MR) is 462 cm³/mol. The van der Waals surface area contributed by atoms with Crippen LogP contribution in [-0.2, 0) is 33.2 Å². The highest BCUT2D eigenvalue weighted by molar-refractivity contribution is 5.76. The van der Waals surface area contributed by atoms with Gasteiger partial charge in [-0.3, -0.25) is 4.79 Å². The Morgan fingerprint density at radius 3 is 0.851 bits per heavy atom. The molecule has 674 valence electrons. The fraction of sp³-hybridized carbons (Fsp3) is 0.947. The molecule has 1 amide bonds. The van der Waals surface area contributed by atoms with E-state index in [0.717, 1.165) is 44.9 Å². The van der Waals surface area contributed by atoms with Crippen molar-refractivity contribution in [1.29, 1.82) is 0 Å². The Kier molecular flexibility index (Phi) is 70.1. The van der Waals surface area contributed by atoms with E-state index in [4.69, 9.17) is 28.4 Å². The van der Waals surface area contributed by atoms with Gasteiger partial charge in [0.25, 0.3) is 0 Å². The molecule has 3 saturated heterocycles. The fourth-order valence-corrected chi connectivity index (χ4v) is 16.8. The standard InChI is InChI=1S/C95H181NO18/c1-3-5-7-9-11-13-15-17-19-21-23-25-27-29-31-33-34-35-36-37-38-39-40-41-42-43-44-45-47-49-51-53-55-57-59-61-63-65-67-69-71-73-83(101)96-78(79(100)72-70-68-66-64-62-60-58-56-54-52-50-48-46-32-30-28-26-24-22-20-18-16-14-12-10-8-6-4-2)77-109-93-89(107)86(104)91(81(75-98)111-93)114-95-90(108)87(105)92(82(76-99)112-95)113-94-88(106)85(103)84(102)80(74-97)110-94/h21,23,70,72,78-82,84-95,97-100,102-108H,3-20,22,24-69,71,73-77H2,1-2H3,(H,96,101)/b23-21-,72-70+. The van der Waals surface area contributed by atoms with Crippen molar-refractivity contribution in [1.82, 2.24) is 5.32 Å². The predicted octanol–water partition coefficient (Wildman–Crippen LogP) is 19.6. The topological polar surface area (TPSA) is 307 Å². The maximum atomic E-state index is 13.5. The first-order valence-electron chi connectivity index (χ1n) is 48.6. The van der Waals surface area contributed by atoms with Crippen LogP contribution in [0.1, 0.15) is 444 Å². The first kappa shape index (κ1) is 106. The molecule has 0 aromatic heterocycles. The molecule has 19 nitrogen and oxygen atoms in total. The molecule has 0 aliphatic carbocycles. The normalized spacial score (nSPS) is 24.7. The highest BCUT2D eigenvalue weighted by Crippen LogP contribution is 2.34. The monoisotopic (exact) mass is 1620 g/mol. The van der Waals surface area contributed by atoms with Crippen LogP contribution in [0.3, 0.4) is 0 Å². The molecule has 0 bridgehead atoms. The average molecular weight is 1630 g/mol. The van der Waals surface area contributed by atoms with E-state index in [9.17, 15) is 61.0 Å². The van der Waals surface area contributed by atoms with Gasteiger partial charge in [-0.1, -0.05) is 417 Å². The minimum atomic E-state index is -1.98. The Hall–Kier alpha value is -1.73. The van der Waals surface area contributed by atoms with Crippen molar-refractivity contribution in [2.75, 3.05) is 26.4 Å². The summed E-state index contributed by atoms with van der Waals surface area (Å²) in [5.74, 6) is -0.265. The number of unbranched alkanes of at least 4 members (excludes halogenated alkanes) is 63. The zero-order valence-corrected chi connectivity index (χ0v) is 73.1. The number of carbonyl (C=O) groups is 1. The SMILES string of the molecule is CCCCCCCCCC/C=C\CCCCCCCCCCCCCCCCCCCCCCCCCCCCCCCC(=O)NC(COC1OC(CO)C(OC2OC(CO)C(OC3OC(CO)C(O)C(O)C3O)C(O)C2O)C(O)C1O)C(O)/C=C/CCCCCCCCCCCCCCCCCCCCCCCCCCCC. The quantitative estimate of drug-likeness (QED) is 0.0199. The number of ether oxygens (including phenoxy) is 6. The van der Waals surface area contributed by atoms with Crippen molar-refractivity contribution in [3.05, 3.63) is 24.3 Å². The molecule has 3 heterocycles. The minimum absolute atomic E-state index is 0.250. The summed E-state index contributed by atoms with van der Waals surface area (Å²) in [7, 11) is 0. The highest BCUT2D eigenvalue weighted by atomic mass is 16.8. The first-order valence-corrected chi connectivity index (χ1v) is 48.6. The molecule has 3 aliphatic rings. The average Bonchev–Trinajstić information content (AvgIpc) is 0.782. The summed E-state index contributed by atoms with van der Waals surface area (Å²) in [4.78, 5) is 13.5. The van der Waals surface area contributed by atoms with E-state index in [0.29, 0.717) is 6.42 Å². The Morgan fingerprint density at radius 2 is 0.553 bits per heavy atom. The second-order valence-corrected chi connectivity index (χ2v) is 34.9. The molecule has 17 atom stereocenters. The molecule has 3 rings (SSSR count). The van der Waals surface area contributed by atoms with E-state index in [-0.39, 0.29) is 18.9 Å². The number of hydrogen-bond donors (Lipinski definition) is 12. The molecule has 114 heavy (non-hydrogen) atoms. The van der Waals surface area contributed by atoms with Crippen LogP contribution in [0.25, 0.3) is 0 Å². The molecule has 0 aromatic carbocycles. The van der Waals surface area contributed by atoms with Crippen LogP contribution in [0.5, 0.6) is 0 Å². The van der Waals surface area contributed by atoms with Gasteiger partial charge in [-0.15, -0.1) is 0 Å². The lowest BCUT2D eigenvalue weighted by atomic mass is 9.96. The molecule has 0 spiro atoms. The van der Waals surface area contributed by atoms with Crippen molar-refractivity contribution >= 4 is 5.91 Å². The third kappa shape index (κ3) is 52.6. The third-order valence-corrected chi connectivity index (χ3v) is 24.5. The van der Waals surface area contributed by atoms with Crippen molar-refractivity contribution in [3.8, 4) is 0 Å². The van der Waals surface area contributed by atoms with Gasteiger partial charge in [-0.2, -0.15) is 0 Å². The molecule has 0 radical (unpaired) electrons. The van der Waals surface area contributed by atoms with Gasteiger partial charge in [0.2, 0.25) is 5.91 Å². The smallest absolute Gasteiger partial charge is 0.220 e. The van der Waals surface area contributed by atoms with Crippen LogP contribution in [0.4, 0.5) is 0 Å². The lowest BCUT2D eigenvalue weighted by Gasteiger charge is -2.48. The largest absolute Gasteiger partial charge is 0.394 e. The lowest BCUT2D eigenvalue weighted by Crippen LogP contribution is -2.66. The van der Waals surface area contributed by atoms with E-state index in [2.05, 4.69) is 31.3 Å². The van der Waals surface area contributed by atoms with E-state index in [1.807, 2.05) is 6.08 Å². The van der Waals surface area contributed by atoms with Crippen LogP contribution in [0.15, 0.2) is 24.3 Å². The van der Waals surface area contributed by atoms with Gasteiger partial charge >= 0.3 is 0 Å². The number of aliphatic hydroxyl groups is 11. The zero-order chi connectivity index (χ0) is 82.4. The van der Waals surface area contributed by atoms with Gasteiger partial charge in [0.1, 0.15) is 73.2 Å². The number of allylic oxidation sites excluding steroid dienone is 3. The Bertz CT molecular complexity index is 2140. The van der Waals surface area contributed by atoms with Crippen molar-refractivity contribution in [2.24, 2.45) is 0 Å². The Labute approximate surface area is 696 Å². The minimum Gasteiger partial charge on any atom is -0.394 e. The first-order chi connectivity index (χ1) is 55.8. The summed E-state index contributed by atoms with van der Waals surface area (Å²) in [5.41, 5.74) is 0. The number of hydrogen-bond acceptors (Lipinski definition) is 18. The van der Waals surface area contributed by atoms with Crippen LogP contribution >= 0.6 is 0 Å². The van der Waals surface area contributed by atoms with Crippen molar-refractivity contribution < 1.29 is 89.4 Å². The summed E-state index contributed by atoms with van der Waals surface area (Å²) < 4.78 is 34.6. The molecule has 17 unspecified atom stereocenters. The molecule has 3 fully saturated rings. The maximum absolute atomic E-state index is 13.5. The van der Waals surface area contributed by atoms with E-state index in [1.165, 1.54) is 372 Å². The highest BCUT2D eigenvalue weighted by Gasteiger charge is 2.54. The Morgan fingerprint density at radius 1 is 0.307 bits per heavy atom. The summed E-state index contributed by atoms with van der Waals surface area (Å²) in [6, 6.07) is -0.973. The zero-order valence-electron chi connectivity index (χ0n) is 73.1. The summed E-state index contributed by atoms with van der Waals surface area (Å²) >= 11 is 0. The van der Waals surface area contributed by atoms with E-state index >= 15 is 0 Å². The second kappa shape index (κ2) is 75.0. The van der Waals surface area contributed by atoms with Gasteiger partial charge < -0.3 is 89.9 Å². The van der Waals surface area contributed by atoms with Crippen molar-refractivity contribution in [3.63, 3.8) is 0 Å². The molecule has 0 saturated carbocycles. The van der Waals surface area contributed by atoms with Gasteiger partial charge in [0.05, 0.1) is 38.6 Å². The number of carbonyl (C=O) groups excluding carboxylic acids is 1. The van der Waals surface area contributed by atoms with Gasteiger partial charge in [-0.05, 0) is 44.9 Å². The van der Waals surface area contributed by atoms with E-state index < -0.39 is 124 Å². The van der Waals surface area contributed by atoms with Crippen molar-refractivity contribution in [2.45, 2.75) is 548 Å². The van der Waals surface area contributed by atoms with Crippen LogP contribution in [0.2, 0.25) is 0 Å². The second-order valence-electron chi connectivity index (χ2n) is 34.9. The molecular formula is C95H181NO18. The summed E-state index contributed by atoms with van der Waals surface area (Å²) in [6.07, 6.45) is 69.3. The number of nitrogens with one attached hydrogen (secondary N) is 1. The molecule has 12 N–H and O–H groups in total. The fourth-order valence-electron chi connectivity index (χ4n) is 16.8. The molecular weight excluding hydrogens is 1440 g/mol. The third-order valence-electron chi connectivity index (χ3n) is 24.5. The lowest BCUT2D eigenvalue weighted by molar-refractivity contribution is -0.379.